The normalized spacial score (nSPS) is 11.4. The Labute approximate surface area is 162 Å². The Morgan fingerprint density at radius 2 is 1.86 bits per heavy atom. The molecule has 0 aliphatic heterocycles. The number of fused-ring (bicyclic) bond motifs is 2. The molecule has 6 aromatic rings. The molecule has 0 atom stereocenters. The Balaban J connectivity index is 1.53. The predicted octanol–water partition coefficient (Wildman–Crippen LogP) is 3.61. The van der Waals surface area contributed by atoms with Crippen LogP contribution in [-0.4, -0.2) is 40.1 Å². The molecule has 9 nitrogen and oxygen atoms in total. The van der Waals surface area contributed by atoms with Crippen molar-refractivity contribution in [3.63, 3.8) is 0 Å². The van der Waals surface area contributed by atoms with Crippen molar-refractivity contribution in [2.75, 3.05) is 0 Å². The molecule has 0 aliphatic carbocycles. The van der Waals surface area contributed by atoms with Crippen LogP contribution in [0.3, 0.4) is 0 Å². The van der Waals surface area contributed by atoms with Gasteiger partial charge in [0.05, 0.1) is 41.6 Å². The number of aromatic nitrogens is 8. The lowest BCUT2D eigenvalue weighted by Crippen LogP contribution is -1.88. The molecule has 0 aromatic carbocycles. The second-order valence-corrected chi connectivity index (χ2v) is 6.43. The molecule has 6 rings (SSSR count). The van der Waals surface area contributed by atoms with E-state index in [2.05, 4.69) is 35.1 Å². The average molecular weight is 380 g/mol. The molecular weight excluding hydrogens is 368 g/mol. The van der Waals surface area contributed by atoms with Gasteiger partial charge in [-0.15, -0.1) is 0 Å². The molecule has 0 saturated heterocycles. The molecule has 0 radical (unpaired) electrons. The summed E-state index contributed by atoms with van der Waals surface area (Å²) in [5.74, 6) is 0.639. The van der Waals surface area contributed by atoms with Crippen LogP contribution in [0.5, 0.6) is 0 Å². The van der Waals surface area contributed by atoms with Gasteiger partial charge in [0.25, 0.3) is 0 Å². The second-order valence-electron chi connectivity index (χ2n) is 6.43. The van der Waals surface area contributed by atoms with Gasteiger partial charge in [-0.05, 0) is 18.2 Å². The van der Waals surface area contributed by atoms with E-state index in [1.54, 1.807) is 43.5 Å². The summed E-state index contributed by atoms with van der Waals surface area (Å²) in [6, 6.07) is 5.68. The van der Waals surface area contributed by atoms with Gasteiger partial charge in [-0.1, -0.05) is 0 Å². The maximum atomic E-state index is 5.20. The number of nitrogens with one attached hydrogen (secondary N) is 2. The standard InChI is InChI=1S/C20H12N8O/c1-3-23-17(11-2-6-29-10-11)19-13(1)25-20(26-19)18-12-7-14(16-8-21-4-5-22-16)24-9-15(12)27-28-18/h1-10H,(H,25,26)(H,27,28). The van der Waals surface area contributed by atoms with E-state index in [1.807, 2.05) is 18.2 Å². The first-order chi connectivity index (χ1) is 14.4. The zero-order chi connectivity index (χ0) is 19.2. The second kappa shape index (κ2) is 6.06. The number of aromatic amines is 2. The van der Waals surface area contributed by atoms with Crippen molar-refractivity contribution >= 4 is 21.9 Å². The molecule has 0 saturated carbocycles. The van der Waals surface area contributed by atoms with Gasteiger partial charge < -0.3 is 9.40 Å². The van der Waals surface area contributed by atoms with Gasteiger partial charge in [0.1, 0.15) is 22.6 Å². The smallest absolute Gasteiger partial charge is 0.159 e. The molecule has 6 heterocycles. The van der Waals surface area contributed by atoms with Crippen LogP contribution in [0.4, 0.5) is 0 Å². The van der Waals surface area contributed by atoms with Crippen LogP contribution in [0.2, 0.25) is 0 Å². The summed E-state index contributed by atoms with van der Waals surface area (Å²) < 4.78 is 5.20. The molecule has 0 aliphatic rings. The predicted molar refractivity (Wildman–Crippen MR) is 105 cm³/mol. The monoisotopic (exact) mass is 380 g/mol. The van der Waals surface area contributed by atoms with Gasteiger partial charge in [0.2, 0.25) is 0 Å². The Morgan fingerprint density at radius 1 is 0.862 bits per heavy atom. The van der Waals surface area contributed by atoms with Gasteiger partial charge in [-0.25, -0.2) is 4.98 Å². The highest BCUT2D eigenvalue weighted by molar-refractivity contribution is 5.96. The van der Waals surface area contributed by atoms with Crippen molar-refractivity contribution in [1.82, 2.24) is 40.1 Å². The Kier molecular flexibility index (Phi) is 3.27. The maximum Gasteiger partial charge on any atom is 0.159 e. The fourth-order valence-corrected chi connectivity index (χ4v) is 3.33. The van der Waals surface area contributed by atoms with Gasteiger partial charge in [0, 0.05) is 29.5 Å². The van der Waals surface area contributed by atoms with Crippen molar-refractivity contribution in [3.8, 4) is 34.2 Å². The highest BCUT2D eigenvalue weighted by Gasteiger charge is 2.17. The number of hydrogen-bond acceptors (Lipinski definition) is 7. The summed E-state index contributed by atoms with van der Waals surface area (Å²) in [5.41, 5.74) is 6.15. The lowest BCUT2D eigenvalue weighted by Gasteiger charge is -1.99. The van der Waals surface area contributed by atoms with Crippen LogP contribution in [0.15, 0.2) is 66.1 Å². The minimum absolute atomic E-state index is 0.639. The summed E-state index contributed by atoms with van der Waals surface area (Å²) in [5, 5.41) is 8.35. The number of hydrogen-bond donors (Lipinski definition) is 2. The number of nitrogens with zero attached hydrogens (tertiary/aromatic N) is 6. The number of rotatable bonds is 3. The lowest BCUT2D eigenvalue weighted by molar-refractivity contribution is 0.568. The van der Waals surface area contributed by atoms with E-state index in [4.69, 9.17) is 9.40 Å². The molecule has 2 N–H and O–H groups in total. The minimum Gasteiger partial charge on any atom is -0.472 e. The van der Waals surface area contributed by atoms with Crippen LogP contribution in [-0.2, 0) is 0 Å². The van der Waals surface area contributed by atoms with E-state index < -0.39 is 0 Å². The van der Waals surface area contributed by atoms with E-state index in [1.165, 1.54) is 0 Å². The van der Waals surface area contributed by atoms with E-state index in [9.17, 15) is 0 Å². The first-order valence-corrected chi connectivity index (χ1v) is 8.85. The average Bonchev–Trinajstić information content (AvgIpc) is 3.52. The van der Waals surface area contributed by atoms with Crippen LogP contribution < -0.4 is 0 Å². The zero-order valence-electron chi connectivity index (χ0n) is 14.9. The summed E-state index contributed by atoms with van der Waals surface area (Å²) in [6.45, 7) is 0. The van der Waals surface area contributed by atoms with Gasteiger partial charge >= 0.3 is 0 Å². The SMILES string of the molecule is c1cnc(-c2cc3c(-c4nc5c(-c6ccoc6)nccc5[nH]4)n[nH]c3cn2)cn1. The summed E-state index contributed by atoms with van der Waals surface area (Å²) in [6.07, 6.45) is 11.7. The lowest BCUT2D eigenvalue weighted by atomic mass is 10.2. The number of furan rings is 1. The van der Waals surface area contributed by atoms with Crippen molar-refractivity contribution in [2.24, 2.45) is 0 Å². The zero-order valence-corrected chi connectivity index (χ0v) is 14.9. The summed E-state index contributed by atoms with van der Waals surface area (Å²) >= 11 is 0. The molecule has 138 valence electrons. The van der Waals surface area contributed by atoms with Crippen LogP contribution in [0, 0.1) is 0 Å². The molecule has 0 amide bonds. The van der Waals surface area contributed by atoms with Crippen molar-refractivity contribution in [3.05, 3.63) is 61.7 Å². The van der Waals surface area contributed by atoms with Crippen LogP contribution in [0.25, 0.3) is 56.1 Å². The topological polar surface area (TPSA) is 122 Å². The third-order valence-electron chi connectivity index (χ3n) is 4.69. The fourth-order valence-electron chi connectivity index (χ4n) is 3.33. The van der Waals surface area contributed by atoms with E-state index in [0.717, 1.165) is 33.2 Å². The molecule has 0 spiro atoms. The Bertz CT molecular complexity index is 1450. The van der Waals surface area contributed by atoms with E-state index >= 15 is 0 Å². The largest absolute Gasteiger partial charge is 0.472 e. The molecule has 9 heteroatoms. The molecule has 0 bridgehead atoms. The van der Waals surface area contributed by atoms with E-state index in [-0.39, 0.29) is 0 Å². The first kappa shape index (κ1) is 15.6. The van der Waals surface area contributed by atoms with Gasteiger partial charge in [-0.2, -0.15) is 5.10 Å². The van der Waals surface area contributed by atoms with Crippen molar-refractivity contribution in [2.45, 2.75) is 0 Å². The number of imidazole rings is 1. The van der Waals surface area contributed by atoms with Gasteiger partial charge in [-0.3, -0.25) is 25.0 Å². The number of pyridine rings is 2. The van der Waals surface area contributed by atoms with Crippen molar-refractivity contribution < 1.29 is 4.42 Å². The molecule has 6 aromatic heterocycles. The number of H-pyrrole nitrogens is 2. The third kappa shape index (κ3) is 2.48. The van der Waals surface area contributed by atoms with E-state index in [0.29, 0.717) is 22.9 Å². The quantitative estimate of drug-likeness (QED) is 0.481. The third-order valence-corrected chi connectivity index (χ3v) is 4.69. The van der Waals surface area contributed by atoms with Gasteiger partial charge in [0.15, 0.2) is 5.82 Å². The Morgan fingerprint density at radius 3 is 2.72 bits per heavy atom. The first-order valence-electron chi connectivity index (χ1n) is 8.85. The molecule has 0 fully saturated rings. The fraction of sp³-hybridized carbons (Fsp3) is 0. The van der Waals surface area contributed by atoms with Crippen LogP contribution in [0.1, 0.15) is 0 Å². The van der Waals surface area contributed by atoms with Crippen molar-refractivity contribution in [1.29, 1.82) is 0 Å². The highest BCUT2D eigenvalue weighted by atomic mass is 16.3. The highest BCUT2D eigenvalue weighted by Crippen LogP contribution is 2.31. The molecule has 0 unspecified atom stereocenters. The Hall–Kier alpha value is -4.40. The van der Waals surface area contributed by atoms with Crippen LogP contribution >= 0.6 is 0 Å². The maximum absolute atomic E-state index is 5.20. The molecule has 29 heavy (non-hydrogen) atoms. The summed E-state index contributed by atoms with van der Waals surface area (Å²) in [7, 11) is 0. The summed E-state index contributed by atoms with van der Waals surface area (Å²) in [4.78, 5) is 25.5. The molecular formula is C20H12N8O. The minimum atomic E-state index is 0.639.